The third kappa shape index (κ3) is 1.81. The summed E-state index contributed by atoms with van der Waals surface area (Å²) < 4.78 is 38.6. The maximum absolute atomic E-state index is 12.6. The third-order valence-corrected chi connectivity index (χ3v) is 2.08. The van der Waals surface area contributed by atoms with Gasteiger partial charge in [-0.2, -0.15) is 18.3 Å². The van der Waals surface area contributed by atoms with Crippen molar-refractivity contribution in [3.05, 3.63) is 29.2 Å². The Morgan fingerprint density at radius 3 is 2.65 bits per heavy atom. The lowest BCUT2D eigenvalue weighted by Gasteiger charge is -2.01. The minimum atomic E-state index is -4.82. The predicted molar refractivity (Wildman–Crippen MR) is 49.7 cm³/mol. The van der Waals surface area contributed by atoms with Crippen LogP contribution in [-0.2, 0) is 6.18 Å². The fourth-order valence-corrected chi connectivity index (χ4v) is 1.42. The second kappa shape index (κ2) is 3.44. The number of carboxylic acid groups (broad SMARTS) is 1. The Kier molecular flexibility index (Phi) is 2.30. The number of halogens is 3. The van der Waals surface area contributed by atoms with Crippen LogP contribution in [0, 0.1) is 6.92 Å². The Labute approximate surface area is 92.5 Å². The minimum Gasteiger partial charge on any atom is -0.477 e. The molecule has 0 radical (unpaired) electrons. The van der Waals surface area contributed by atoms with Gasteiger partial charge >= 0.3 is 12.1 Å². The van der Waals surface area contributed by atoms with Gasteiger partial charge in [-0.3, -0.25) is 0 Å². The largest absolute Gasteiger partial charge is 0.477 e. The molecule has 0 atom stereocenters. The van der Waals surface area contributed by atoms with Gasteiger partial charge in [-0.25, -0.2) is 14.3 Å². The molecule has 0 saturated heterocycles. The quantitative estimate of drug-likeness (QED) is 0.831. The summed E-state index contributed by atoms with van der Waals surface area (Å²) in [6.07, 6.45) is -2.26. The third-order valence-electron chi connectivity index (χ3n) is 2.08. The first kappa shape index (κ1) is 11.4. The molecule has 0 aliphatic carbocycles. The maximum Gasteiger partial charge on any atom is 0.436 e. The van der Waals surface area contributed by atoms with E-state index in [0.717, 1.165) is 4.52 Å². The fourth-order valence-electron chi connectivity index (χ4n) is 1.42. The Balaban J connectivity index is 2.84. The molecule has 0 aliphatic heterocycles. The van der Waals surface area contributed by atoms with Gasteiger partial charge in [-0.1, -0.05) is 0 Å². The van der Waals surface area contributed by atoms with E-state index < -0.39 is 23.4 Å². The van der Waals surface area contributed by atoms with Crippen molar-refractivity contribution in [3.63, 3.8) is 0 Å². The minimum absolute atomic E-state index is 0.324. The molecule has 0 amide bonds. The lowest BCUT2D eigenvalue weighted by atomic mass is 10.2. The summed E-state index contributed by atoms with van der Waals surface area (Å²) in [5, 5.41) is 12.0. The van der Waals surface area contributed by atoms with Crippen LogP contribution in [0.1, 0.15) is 21.6 Å². The zero-order valence-corrected chi connectivity index (χ0v) is 8.49. The van der Waals surface area contributed by atoms with E-state index in [2.05, 4.69) is 10.1 Å². The van der Waals surface area contributed by atoms with Crippen molar-refractivity contribution in [1.29, 1.82) is 0 Å². The summed E-state index contributed by atoms with van der Waals surface area (Å²) >= 11 is 0. The molecule has 0 spiro atoms. The second-order valence-electron chi connectivity index (χ2n) is 3.43. The summed E-state index contributed by atoms with van der Waals surface area (Å²) in [6.45, 7) is 1.61. The SMILES string of the molecule is Cc1cnc2c(C(=O)O)c(C(F)(F)F)nn2c1. The highest BCUT2D eigenvalue weighted by Crippen LogP contribution is 2.32. The molecule has 2 aromatic rings. The van der Waals surface area contributed by atoms with Gasteiger partial charge < -0.3 is 5.11 Å². The highest BCUT2D eigenvalue weighted by atomic mass is 19.4. The van der Waals surface area contributed by atoms with E-state index in [1.807, 2.05) is 0 Å². The van der Waals surface area contributed by atoms with Crippen molar-refractivity contribution < 1.29 is 23.1 Å². The van der Waals surface area contributed by atoms with Crippen LogP contribution in [0.2, 0.25) is 0 Å². The molecule has 1 N–H and O–H groups in total. The van der Waals surface area contributed by atoms with E-state index in [4.69, 9.17) is 5.11 Å². The van der Waals surface area contributed by atoms with E-state index in [9.17, 15) is 18.0 Å². The average Bonchev–Trinajstić information content (AvgIpc) is 2.55. The lowest BCUT2D eigenvalue weighted by Crippen LogP contribution is -2.12. The van der Waals surface area contributed by atoms with Crippen LogP contribution in [0.15, 0.2) is 12.4 Å². The second-order valence-corrected chi connectivity index (χ2v) is 3.43. The Bertz CT molecular complexity index is 603. The van der Waals surface area contributed by atoms with Gasteiger partial charge in [0.1, 0.15) is 5.56 Å². The van der Waals surface area contributed by atoms with Gasteiger partial charge in [0.2, 0.25) is 0 Å². The number of fused-ring (bicyclic) bond motifs is 1. The Morgan fingerprint density at radius 1 is 1.47 bits per heavy atom. The first-order valence-electron chi connectivity index (χ1n) is 4.46. The molecule has 5 nitrogen and oxygen atoms in total. The number of alkyl halides is 3. The highest BCUT2D eigenvalue weighted by molar-refractivity contribution is 5.96. The number of aryl methyl sites for hydroxylation is 1. The van der Waals surface area contributed by atoms with Crippen LogP contribution in [0.5, 0.6) is 0 Å². The molecule has 0 fully saturated rings. The molecule has 2 rings (SSSR count). The summed E-state index contributed by atoms with van der Waals surface area (Å²) in [5.74, 6) is -1.70. The van der Waals surface area contributed by atoms with E-state index >= 15 is 0 Å². The molecule has 0 unspecified atom stereocenters. The van der Waals surface area contributed by atoms with Crippen molar-refractivity contribution in [2.75, 3.05) is 0 Å². The van der Waals surface area contributed by atoms with Crippen LogP contribution in [0.25, 0.3) is 5.65 Å². The summed E-state index contributed by atoms with van der Waals surface area (Å²) in [7, 11) is 0. The Hall–Kier alpha value is -2.12. The van der Waals surface area contributed by atoms with Gasteiger partial charge in [0, 0.05) is 12.4 Å². The molecule has 0 aliphatic rings. The number of hydrogen-bond acceptors (Lipinski definition) is 3. The zero-order chi connectivity index (χ0) is 12.8. The van der Waals surface area contributed by atoms with Crippen molar-refractivity contribution in [1.82, 2.24) is 14.6 Å². The van der Waals surface area contributed by atoms with Gasteiger partial charge in [0.25, 0.3) is 0 Å². The summed E-state index contributed by atoms with van der Waals surface area (Å²) in [4.78, 5) is 14.5. The lowest BCUT2D eigenvalue weighted by molar-refractivity contribution is -0.141. The van der Waals surface area contributed by atoms with Crippen LogP contribution >= 0.6 is 0 Å². The van der Waals surface area contributed by atoms with Gasteiger partial charge in [-0.15, -0.1) is 0 Å². The number of aromatic carboxylic acids is 1. The molecule has 2 aromatic heterocycles. The maximum atomic E-state index is 12.6. The standard InChI is InChI=1S/C9H6F3N3O2/c1-4-2-13-7-5(8(16)17)6(9(10,11)12)14-15(7)3-4/h2-3H,1H3,(H,16,17). The number of nitrogens with zero attached hydrogens (tertiary/aromatic N) is 3. The number of aromatic nitrogens is 3. The van der Waals surface area contributed by atoms with Crippen molar-refractivity contribution in [2.24, 2.45) is 0 Å². The first-order valence-corrected chi connectivity index (χ1v) is 4.46. The van der Waals surface area contributed by atoms with Crippen LogP contribution in [-0.4, -0.2) is 25.7 Å². The predicted octanol–water partition coefficient (Wildman–Crippen LogP) is 1.75. The van der Waals surface area contributed by atoms with Crippen molar-refractivity contribution >= 4 is 11.6 Å². The number of rotatable bonds is 1. The zero-order valence-electron chi connectivity index (χ0n) is 8.49. The van der Waals surface area contributed by atoms with Gasteiger partial charge in [0.05, 0.1) is 0 Å². The molecule has 8 heteroatoms. The van der Waals surface area contributed by atoms with Crippen LogP contribution in [0.3, 0.4) is 0 Å². The molecule has 0 bridgehead atoms. The van der Waals surface area contributed by atoms with Gasteiger partial charge in [-0.05, 0) is 12.5 Å². The molecular weight excluding hydrogens is 239 g/mol. The molecule has 2 heterocycles. The summed E-state index contributed by atoms with van der Waals surface area (Å²) in [6, 6.07) is 0. The highest BCUT2D eigenvalue weighted by Gasteiger charge is 2.40. The molecule has 0 aromatic carbocycles. The van der Waals surface area contributed by atoms with Crippen LogP contribution < -0.4 is 0 Å². The number of carboxylic acids is 1. The number of carbonyl (C=O) groups is 1. The normalized spacial score (nSPS) is 12.0. The molecule has 90 valence electrons. The van der Waals surface area contributed by atoms with Crippen molar-refractivity contribution in [2.45, 2.75) is 13.1 Å². The van der Waals surface area contributed by atoms with Gasteiger partial charge in [0.15, 0.2) is 11.3 Å². The van der Waals surface area contributed by atoms with E-state index in [1.54, 1.807) is 6.92 Å². The van der Waals surface area contributed by atoms with E-state index in [1.165, 1.54) is 12.4 Å². The van der Waals surface area contributed by atoms with E-state index in [0.29, 0.717) is 5.56 Å². The van der Waals surface area contributed by atoms with E-state index in [-0.39, 0.29) is 5.65 Å². The summed E-state index contributed by atoms with van der Waals surface area (Å²) in [5.41, 5.74) is -2.12. The first-order chi connectivity index (χ1) is 7.80. The van der Waals surface area contributed by atoms with Crippen molar-refractivity contribution in [3.8, 4) is 0 Å². The molecular formula is C9H6F3N3O2. The van der Waals surface area contributed by atoms with Crippen LogP contribution in [0.4, 0.5) is 13.2 Å². The monoisotopic (exact) mass is 245 g/mol. The average molecular weight is 245 g/mol. The number of hydrogen-bond donors (Lipinski definition) is 1. The fraction of sp³-hybridized carbons (Fsp3) is 0.222. The Morgan fingerprint density at radius 2 is 2.12 bits per heavy atom. The topological polar surface area (TPSA) is 67.5 Å². The smallest absolute Gasteiger partial charge is 0.436 e. The molecule has 17 heavy (non-hydrogen) atoms. The molecule has 0 saturated carbocycles.